The molecule has 2 N–H and O–H groups in total. The van der Waals surface area contributed by atoms with Crippen molar-refractivity contribution in [2.45, 2.75) is 44.7 Å². The highest BCUT2D eigenvalue weighted by molar-refractivity contribution is 5.96. The van der Waals surface area contributed by atoms with Crippen molar-refractivity contribution < 1.29 is 9.59 Å². The first-order valence-electron chi connectivity index (χ1n) is 11.7. The Balaban J connectivity index is 1.06. The average molecular weight is 442 g/mol. The van der Waals surface area contributed by atoms with Crippen LogP contribution in [0.15, 0.2) is 48.8 Å². The largest absolute Gasteiger partial charge is 0.384 e. The summed E-state index contributed by atoms with van der Waals surface area (Å²) in [7, 11) is 0. The van der Waals surface area contributed by atoms with Gasteiger partial charge < -0.3 is 10.6 Å². The van der Waals surface area contributed by atoms with Gasteiger partial charge in [-0.3, -0.25) is 14.3 Å². The van der Waals surface area contributed by atoms with Gasteiger partial charge in [0.1, 0.15) is 5.82 Å². The monoisotopic (exact) mass is 441 g/mol. The van der Waals surface area contributed by atoms with Crippen LogP contribution in [0, 0.1) is 11.8 Å². The van der Waals surface area contributed by atoms with Crippen LogP contribution in [0.5, 0.6) is 0 Å². The van der Waals surface area contributed by atoms with Gasteiger partial charge >= 0.3 is 0 Å². The van der Waals surface area contributed by atoms with E-state index in [4.69, 9.17) is 5.73 Å². The molecule has 1 saturated heterocycles. The molecule has 3 aromatic rings. The predicted molar refractivity (Wildman–Crippen MR) is 123 cm³/mol. The standard InChI is InChI=1S/C26H27N5O2/c27-25-8-6-21-18(5-7-23(21)29-25)10-24(32)20-11-28-31(15-20)13-17-3-1-16(2-4-17)12-30-14-19-9-22(19)26(30)33/h1-4,6,8,11,15,18-19,22H,5,7,9-10,12-14H2,(H2,27,29). The second-order valence-electron chi connectivity index (χ2n) is 9.70. The lowest BCUT2D eigenvalue weighted by Crippen LogP contribution is -2.27. The number of ketones is 1. The quantitative estimate of drug-likeness (QED) is 0.568. The van der Waals surface area contributed by atoms with Gasteiger partial charge in [0.05, 0.1) is 18.3 Å². The van der Waals surface area contributed by atoms with Crippen molar-refractivity contribution in [3.8, 4) is 0 Å². The zero-order chi connectivity index (χ0) is 22.5. The second kappa shape index (κ2) is 7.83. The van der Waals surface area contributed by atoms with Gasteiger partial charge in [-0.05, 0) is 53.9 Å². The van der Waals surface area contributed by atoms with E-state index >= 15 is 0 Å². The SMILES string of the molecule is Nc1ccc2c(n1)CCC2CC(=O)c1cnn(Cc2ccc(CN3CC4CC4C3=O)cc2)c1. The second-order valence-corrected chi connectivity index (χ2v) is 9.70. The molecule has 7 nitrogen and oxygen atoms in total. The average Bonchev–Trinajstić information content (AvgIpc) is 3.10. The Hall–Kier alpha value is -3.48. The number of Topliss-reactive ketones (excluding diaryl/α,β-unsaturated/α-hetero) is 1. The number of carbonyl (C=O) groups excluding carboxylic acids is 2. The summed E-state index contributed by atoms with van der Waals surface area (Å²) in [5.74, 6) is 2.08. The molecule has 3 unspecified atom stereocenters. The molecule has 0 bridgehead atoms. The number of hydrogen-bond donors (Lipinski definition) is 1. The van der Waals surface area contributed by atoms with Crippen molar-refractivity contribution in [3.63, 3.8) is 0 Å². The third kappa shape index (κ3) is 3.92. The van der Waals surface area contributed by atoms with Crippen molar-refractivity contribution in [2.24, 2.45) is 11.8 Å². The number of fused-ring (bicyclic) bond motifs is 2. The highest BCUT2D eigenvalue weighted by atomic mass is 16.2. The summed E-state index contributed by atoms with van der Waals surface area (Å²) < 4.78 is 1.81. The molecular formula is C26H27N5O2. The molecule has 1 aliphatic heterocycles. The van der Waals surface area contributed by atoms with E-state index in [1.54, 1.807) is 6.20 Å². The number of nitrogens with zero attached hydrogens (tertiary/aromatic N) is 4. The molecule has 2 fully saturated rings. The minimum absolute atomic E-state index is 0.111. The minimum atomic E-state index is 0.111. The Morgan fingerprint density at radius 3 is 2.64 bits per heavy atom. The molecule has 7 heteroatoms. The van der Waals surface area contributed by atoms with Crippen molar-refractivity contribution >= 4 is 17.5 Å². The Kier molecular flexibility index (Phi) is 4.78. The van der Waals surface area contributed by atoms with Crippen LogP contribution in [0.4, 0.5) is 5.82 Å². The van der Waals surface area contributed by atoms with Gasteiger partial charge in [0.15, 0.2) is 5.78 Å². The number of carbonyl (C=O) groups is 2. The van der Waals surface area contributed by atoms with Crippen molar-refractivity contribution in [1.82, 2.24) is 19.7 Å². The molecule has 6 rings (SSSR count). The van der Waals surface area contributed by atoms with E-state index in [1.807, 2.05) is 27.9 Å². The van der Waals surface area contributed by atoms with Crippen molar-refractivity contribution in [2.75, 3.05) is 12.3 Å². The molecule has 1 aromatic carbocycles. The molecule has 1 amide bonds. The van der Waals surface area contributed by atoms with Crippen LogP contribution < -0.4 is 5.73 Å². The van der Waals surface area contributed by atoms with Crippen molar-refractivity contribution in [3.05, 3.63) is 76.7 Å². The third-order valence-corrected chi connectivity index (χ3v) is 7.33. The summed E-state index contributed by atoms with van der Waals surface area (Å²) in [6.45, 7) is 2.21. The number of nitrogens with two attached hydrogens (primary N) is 1. The normalized spacial score (nSPS) is 23.0. The number of pyridine rings is 1. The first-order valence-corrected chi connectivity index (χ1v) is 11.7. The Bertz CT molecular complexity index is 1230. The zero-order valence-corrected chi connectivity index (χ0v) is 18.5. The topological polar surface area (TPSA) is 94.1 Å². The highest BCUT2D eigenvalue weighted by Crippen LogP contribution is 2.46. The first-order chi connectivity index (χ1) is 16.0. The summed E-state index contributed by atoms with van der Waals surface area (Å²) >= 11 is 0. The third-order valence-electron chi connectivity index (χ3n) is 7.33. The maximum absolute atomic E-state index is 12.9. The fourth-order valence-electron chi connectivity index (χ4n) is 5.37. The lowest BCUT2D eigenvalue weighted by molar-refractivity contribution is -0.130. The number of anilines is 1. The lowest BCUT2D eigenvalue weighted by atomic mass is 9.95. The zero-order valence-electron chi connectivity index (χ0n) is 18.5. The number of nitrogen functional groups attached to an aromatic ring is 1. The number of benzene rings is 1. The van der Waals surface area contributed by atoms with E-state index in [1.165, 1.54) is 0 Å². The molecule has 2 aliphatic carbocycles. The van der Waals surface area contributed by atoms with E-state index < -0.39 is 0 Å². The molecule has 3 aliphatic rings. The Morgan fingerprint density at radius 2 is 1.88 bits per heavy atom. The molecule has 2 aromatic heterocycles. The Morgan fingerprint density at radius 1 is 1.09 bits per heavy atom. The molecule has 168 valence electrons. The van der Waals surface area contributed by atoms with Crippen LogP contribution in [0.2, 0.25) is 0 Å². The molecule has 0 spiro atoms. The molecular weight excluding hydrogens is 414 g/mol. The van der Waals surface area contributed by atoms with Gasteiger partial charge in [-0.1, -0.05) is 30.3 Å². The van der Waals surface area contributed by atoms with Crippen LogP contribution >= 0.6 is 0 Å². The molecule has 1 saturated carbocycles. The summed E-state index contributed by atoms with van der Waals surface area (Å²) in [4.78, 5) is 31.4. The van der Waals surface area contributed by atoms with Crippen LogP contribution in [-0.2, 0) is 24.3 Å². The van der Waals surface area contributed by atoms with Gasteiger partial charge in [0.2, 0.25) is 5.91 Å². The van der Waals surface area contributed by atoms with E-state index in [-0.39, 0.29) is 11.7 Å². The van der Waals surface area contributed by atoms with E-state index in [2.05, 4.69) is 34.3 Å². The smallest absolute Gasteiger partial charge is 0.226 e. The van der Waals surface area contributed by atoms with Crippen molar-refractivity contribution in [1.29, 1.82) is 0 Å². The number of piperidine rings is 1. The molecule has 0 radical (unpaired) electrons. The lowest BCUT2D eigenvalue weighted by Gasteiger charge is -2.18. The Labute approximate surface area is 192 Å². The minimum Gasteiger partial charge on any atom is -0.384 e. The van der Waals surface area contributed by atoms with E-state index in [9.17, 15) is 9.59 Å². The number of likely N-dealkylation sites (tertiary alicyclic amines) is 1. The number of aromatic nitrogens is 3. The number of aryl methyl sites for hydroxylation is 1. The van der Waals surface area contributed by atoms with Gasteiger partial charge in [0.25, 0.3) is 0 Å². The van der Waals surface area contributed by atoms with E-state index in [0.717, 1.165) is 48.2 Å². The van der Waals surface area contributed by atoms with Crippen LogP contribution in [-0.4, -0.2) is 37.9 Å². The fraction of sp³-hybridized carbons (Fsp3) is 0.385. The highest BCUT2D eigenvalue weighted by Gasteiger charge is 2.51. The van der Waals surface area contributed by atoms with Gasteiger partial charge in [-0.25, -0.2) is 4.98 Å². The summed E-state index contributed by atoms with van der Waals surface area (Å²) in [5, 5.41) is 4.41. The van der Waals surface area contributed by atoms with Gasteiger partial charge in [-0.2, -0.15) is 5.10 Å². The number of rotatable bonds is 7. The van der Waals surface area contributed by atoms with Crippen LogP contribution in [0.3, 0.4) is 0 Å². The number of hydrogen-bond acceptors (Lipinski definition) is 5. The van der Waals surface area contributed by atoms with Crippen LogP contribution in [0.25, 0.3) is 0 Å². The summed E-state index contributed by atoms with van der Waals surface area (Å²) in [6, 6.07) is 12.2. The maximum atomic E-state index is 12.9. The number of amides is 1. The van der Waals surface area contributed by atoms with Gasteiger partial charge in [0, 0.05) is 37.3 Å². The summed E-state index contributed by atoms with van der Waals surface area (Å²) in [5.41, 5.74) is 10.9. The predicted octanol–water partition coefficient (Wildman–Crippen LogP) is 3.19. The molecule has 3 atom stereocenters. The van der Waals surface area contributed by atoms with Gasteiger partial charge in [-0.15, -0.1) is 0 Å². The fourth-order valence-corrected chi connectivity index (χ4v) is 5.37. The van der Waals surface area contributed by atoms with E-state index in [0.29, 0.717) is 48.6 Å². The first kappa shape index (κ1) is 20.1. The molecule has 33 heavy (non-hydrogen) atoms. The van der Waals surface area contributed by atoms with Crippen LogP contribution in [0.1, 0.15) is 57.9 Å². The maximum Gasteiger partial charge on any atom is 0.226 e. The summed E-state index contributed by atoms with van der Waals surface area (Å²) in [6.07, 6.45) is 6.86. The molecule has 3 heterocycles.